The molecule has 0 amide bonds. The van der Waals surface area contributed by atoms with E-state index >= 15 is 0 Å². The normalized spacial score (nSPS) is 19.0. The first-order valence-electron chi connectivity index (χ1n) is 5.86. The highest BCUT2D eigenvalue weighted by Gasteiger charge is 2.27. The largest absolute Gasteiger partial charge is 0.371 e. The van der Waals surface area contributed by atoms with Crippen LogP contribution in [0.5, 0.6) is 0 Å². The van der Waals surface area contributed by atoms with Gasteiger partial charge in [-0.1, -0.05) is 17.7 Å². The van der Waals surface area contributed by atoms with Gasteiger partial charge in [-0.05, 0) is 49.9 Å². The fourth-order valence-electron chi connectivity index (χ4n) is 2.61. The number of nitrogens with zero attached hydrogens (tertiary/aromatic N) is 1. The Morgan fingerprint density at radius 2 is 2.25 bits per heavy atom. The fourth-order valence-corrected chi connectivity index (χ4v) is 2.76. The summed E-state index contributed by atoms with van der Waals surface area (Å²) in [4.78, 5) is 2.37. The van der Waals surface area contributed by atoms with Gasteiger partial charge in [-0.25, -0.2) is 0 Å². The standard InChI is InChI=1S/C13H19ClN2/c1-9-12(14)6-5-10-8-11(4-3-7-15)16(2)13(9)10/h5-6,11H,3-4,7-8,15H2,1-2H3. The van der Waals surface area contributed by atoms with Crippen molar-refractivity contribution in [2.75, 3.05) is 18.5 Å². The number of fused-ring (bicyclic) bond motifs is 1. The van der Waals surface area contributed by atoms with Crippen molar-refractivity contribution < 1.29 is 0 Å². The molecular weight excluding hydrogens is 220 g/mol. The van der Waals surface area contributed by atoms with Crippen molar-refractivity contribution in [1.29, 1.82) is 0 Å². The monoisotopic (exact) mass is 238 g/mol. The number of hydrogen-bond donors (Lipinski definition) is 1. The summed E-state index contributed by atoms with van der Waals surface area (Å²) in [5.74, 6) is 0. The molecular formula is C13H19ClN2. The maximum atomic E-state index is 6.16. The Labute approximate surface area is 102 Å². The van der Waals surface area contributed by atoms with Gasteiger partial charge in [0, 0.05) is 23.8 Å². The molecule has 16 heavy (non-hydrogen) atoms. The fraction of sp³-hybridized carbons (Fsp3) is 0.538. The Bertz CT molecular complexity index is 390. The highest BCUT2D eigenvalue weighted by molar-refractivity contribution is 6.31. The number of rotatable bonds is 3. The topological polar surface area (TPSA) is 29.3 Å². The van der Waals surface area contributed by atoms with Crippen molar-refractivity contribution in [3.05, 3.63) is 28.3 Å². The maximum Gasteiger partial charge on any atom is 0.0456 e. The number of benzene rings is 1. The number of nitrogens with two attached hydrogens (primary N) is 1. The number of halogens is 1. The lowest BCUT2D eigenvalue weighted by Gasteiger charge is -2.23. The van der Waals surface area contributed by atoms with Gasteiger partial charge in [0.1, 0.15) is 0 Å². The average Bonchev–Trinajstić information content (AvgIpc) is 2.59. The molecule has 1 unspecified atom stereocenters. The van der Waals surface area contributed by atoms with Crippen LogP contribution >= 0.6 is 11.6 Å². The molecule has 2 rings (SSSR count). The number of likely N-dealkylation sites (N-methyl/N-ethyl adjacent to an activating group) is 1. The van der Waals surface area contributed by atoms with Crippen molar-refractivity contribution in [2.24, 2.45) is 5.73 Å². The average molecular weight is 239 g/mol. The Morgan fingerprint density at radius 1 is 1.50 bits per heavy atom. The molecule has 1 aromatic carbocycles. The third-order valence-corrected chi connectivity index (χ3v) is 3.96. The second-order valence-corrected chi connectivity index (χ2v) is 4.99. The van der Waals surface area contributed by atoms with Gasteiger partial charge in [0.2, 0.25) is 0 Å². The van der Waals surface area contributed by atoms with Gasteiger partial charge in [-0.15, -0.1) is 0 Å². The van der Waals surface area contributed by atoms with Gasteiger partial charge in [-0.3, -0.25) is 0 Å². The van der Waals surface area contributed by atoms with E-state index in [1.807, 2.05) is 6.07 Å². The van der Waals surface area contributed by atoms with Crippen LogP contribution in [-0.2, 0) is 6.42 Å². The molecule has 1 aliphatic heterocycles. The lowest BCUT2D eigenvalue weighted by Crippen LogP contribution is -2.28. The van der Waals surface area contributed by atoms with E-state index in [0.717, 1.165) is 24.4 Å². The smallest absolute Gasteiger partial charge is 0.0456 e. The molecule has 3 heteroatoms. The first kappa shape index (κ1) is 11.7. The first-order chi connectivity index (χ1) is 7.65. The summed E-state index contributed by atoms with van der Waals surface area (Å²) in [7, 11) is 2.16. The summed E-state index contributed by atoms with van der Waals surface area (Å²) in [6.45, 7) is 2.88. The molecule has 0 bridgehead atoms. The molecule has 2 nitrogen and oxygen atoms in total. The molecule has 88 valence electrons. The minimum absolute atomic E-state index is 0.593. The molecule has 2 N–H and O–H groups in total. The zero-order valence-electron chi connectivity index (χ0n) is 9.96. The Hall–Kier alpha value is -0.730. The van der Waals surface area contributed by atoms with Crippen LogP contribution < -0.4 is 10.6 Å². The van der Waals surface area contributed by atoms with Crippen molar-refractivity contribution >= 4 is 17.3 Å². The van der Waals surface area contributed by atoms with Crippen LogP contribution in [0, 0.1) is 6.92 Å². The van der Waals surface area contributed by atoms with Crippen LogP contribution in [0.1, 0.15) is 24.0 Å². The maximum absolute atomic E-state index is 6.16. The predicted octanol–water partition coefficient (Wildman–Crippen LogP) is 2.75. The van der Waals surface area contributed by atoms with E-state index in [4.69, 9.17) is 17.3 Å². The van der Waals surface area contributed by atoms with Crippen LogP contribution in [-0.4, -0.2) is 19.6 Å². The van der Waals surface area contributed by atoms with Crippen molar-refractivity contribution in [1.82, 2.24) is 0 Å². The predicted molar refractivity (Wildman–Crippen MR) is 70.4 cm³/mol. The Kier molecular flexibility index (Phi) is 3.41. The molecule has 0 aliphatic carbocycles. The summed E-state index contributed by atoms with van der Waals surface area (Å²) in [5, 5.41) is 0.866. The quantitative estimate of drug-likeness (QED) is 0.878. The van der Waals surface area contributed by atoms with Crippen LogP contribution in [0.3, 0.4) is 0 Å². The van der Waals surface area contributed by atoms with Gasteiger partial charge >= 0.3 is 0 Å². The van der Waals surface area contributed by atoms with Gasteiger partial charge in [0.05, 0.1) is 0 Å². The van der Waals surface area contributed by atoms with Gasteiger partial charge in [-0.2, -0.15) is 0 Å². The summed E-state index contributed by atoms with van der Waals surface area (Å²) < 4.78 is 0. The second-order valence-electron chi connectivity index (χ2n) is 4.58. The van der Waals surface area contributed by atoms with Crippen molar-refractivity contribution in [3.63, 3.8) is 0 Å². The van der Waals surface area contributed by atoms with Crippen LogP contribution in [0.2, 0.25) is 5.02 Å². The molecule has 0 spiro atoms. The molecule has 0 radical (unpaired) electrons. The number of hydrogen-bond acceptors (Lipinski definition) is 2. The number of anilines is 1. The van der Waals surface area contributed by atoms with E-state index in [1.165, 1.54) is 23.2 Å². The zero-order chi connectivity index (χ0) is 11.7. The third kappa shape index (κ3) is 1.92. The molecule has 1 aliphatic rings. The lowest BCUT2D eigenvalue weighted by atomic mass is 10.0. The summed E-state index contributed by atoms with van der Waals surface area (Å²) in [6.07, 6.45) is 3.39. The first-order valence-corrected chi connectivity index (χ1v) is 6.23. The molecule has 0 fully saturated rings. The van der Waals surface area contributed by atoms with E-state index in [1.54, 1.807) is 0 Å². The molecule has 1 heterocycles. The van der Waals surface area contributed by atoms with Gasteiger partial charge in [0.15, 0.2) is 0 Å². The summed E-state index contributed by atoms with van der Waals surface area (Å²) >= 11 is 6.16. The molecule has 1 aromatic rings. The summed E-state index contributed by atoms with van der Waals surface area (Å²) in [5.41, 5.74) is 9.53. The van der Waals surface area contributed by atoms with Crippen molar-refractivity contribution in [3.8, 4) is 0 Å². The Morgan fingerprint density at radius 3 is 2.94 bits per heavy atom. The molecule has 1 atom stereocenters. The van der Waals surface area contributed by atoms with Gasteiger partial charge in [0.25, 0.3) is 0 Å². The SMILES string of the molecule is Cc1c(Cl)ccc2c1N(C)C(CCCN)C2. The summed E-state index contributed by atoms with van der Waals surface area (Å²) in [6, 6.07) is 4.76. The highest BCUT2D eigenvalue weighted by Crippen LogP contribution is 2.38. The lowest BCUT2D eigenvalue weighted by molar-refractivity contribution is 0.584. The van der Waals surface area contributed by atoms with Crippen LogP contribution in [0.15, 0.2) is 12.1 Å². The van der Waals surface area contributed by atoms with E-state index in [9.17, 15) is 0 Å². The highest BCUT2D eigenvalue weighted by atomic mass is 35.5. The minimum atomic E-state index is 0.593. The van der Waals surface area contributed by atoms with E-state index in [-0.39, 0.29) is 0 Å². The van der Waals surface area contributed by atoms with Gasteiger partial charge < -0.3 is 10.6 Å². The van der Waals surface area contributed by atoms with E-state index < -0.39 is 0 Å². The van der Waals surface area contributed by atoms with Crippen LogP contribution in [0.25, 0.3) is 0 Å². The Balaban J connectivity index is 2.25. The molecule has 0 saturated heterocycles. The van der Waals surface area contributed by atoms with E-state index in [2.05, 4.69) is 24.9 Å². The minimum Gasteiger partial charge on any atom is -0.371 e. The third-order valence-electron chi connectivity index (χ3n) is 3.55. The van der Waals surface area contributed by atoms with Crippen LogP contribution in [0.4, 0.5) is 5.69 Å². The molecule has 0 aromatic heterocycles. The molecule has 0 saturated carbocycles. The zero-order valence-corrected chi connectivity index (χ0v) is 10.7. The van der Waals surface area contributed by atoms with E-state index in [0.29, 0.717) is 6.04 Å². The second kappa shape index (κ2) is 4.64. The van der Waals surface area contributed by atoms with Crippen molar-refractivity contribution in [2.45, 2.75) is 32.2 Å².